The van der Waals surface area contributed by atoms with Gasteiger partial charge in [-0.3, -0.25) is 4.99 Å². The first-order valence-corrected chi connectivity index (χ1v) is 10.3. The number of halogens is 1. The molecular weight excluding hydrogens is 489 g/mol. The van der Waals surface area contributed by atoms with Crippen LogP contribution in [-0.2, 0) is 16.7 Å². The molecule has 5 nitrogen and oxygen atoms in total. The van der Waals surface area contributed by atoms with Crippen molar-refractivity contribution in [3.05, 3.63) is 64.7 Å². The molecule has 2 aromatic carbocycles. The van der Waals surface area contributed by atoms with Crippen molar-refractivity contribution in [2.45, 2.75) is 38.6 Å². The number of hydrogen-bond acceptors (Lipinski definition) is 3. The number of nitrogens with one attached hydrogen (secondary N) is 2. The summed E-state index contributed by atoms with van der Waals surface area (Å²) >= 11 is 0. The average Bonchev–Trinajstić information content (AvgIpc) is 2.75. The van der Waals surface area contributed by atoms with E-state index in [2.05, 4.69) is 71.9 Å². The van der Waals surface area contributed by atoms with Crippen LogP contribution in [-0.4, -0.2) is 39.9 Å². The van der Waals surface area contributed by atoms with Gasteiger partial charge in [0.1, 0.15) is 5.75 Å². The number of aryl methyl sites for hydroxylation is 2. The van der Waals surface area contributed by atoms with Crippen LogP contribution in [0.2, 0.25) is 0 Å². The summed E-state index contributed by atoms with van der Waals surface area (Å²) in [5.41, 5.74) is 5.01. The van der Waals surface area contributed by atoms with Crippen LogP contribution >= 0.6 is 24.0 Å². The van der Waals surface area contributed by atoms with Gasteiger partial charge in [-0.2, -0.15) is 0 Å². The lowest BCUT2D eigenvalue weighted by atomic mass is 9.73. The van der Waals surface area contributed by atoms with Crippen molar-refractivity contribution in [2.24, 2.45) is 4.99 Å². The summed E-state index contributed by atoms with van der Waals surface area (Å²) in [6, 6.07) is 14.9. The van der Waals surface area contributed by atoms with Crippen molar-refractivity contribution in [2.75, 3.05) is 33.9 Å². The number of methoxy groups -OCH3 is 1. The lowest BCUT2D eigenvalue weighted by Crippen LogP contribution is -2.48. The van der Waals surface area contributed by atoms with Crippen LogP contribution < -0.4 is 15.4 Å². The van der Waals surface area contributed by atoms with E-state index in [9.17, 15) is 0 Å². The largest absolute Gasteiger partial charge is 0.496 e. The van der Waals surface area contributed by atoms with Crippen molar-refractivity contribution in [1.82, 2.24) is 10.6 Å². The zero-order valence-electron chi connectivity index (χ0n) is 18.5. The van der Waals surface area contributed by atoms with Gasteiger partial charge >= 0.3 is 0 Å². The molecular formula is C24H34IN3O2. The van der Waals surface area contributed by atoms with Crippen LogP contribution in [0.25, 0.3) is 0 Å². The monoisotopic (exact) mass is 523 g/mol. The summed E-state index contributed by atoms with van der Waals surface area (Å²) in [4.78, 5) is 4.43. The Balaban J connectivity index is 0.00000320. The second-order valence-corrected chi connectivity index (χ2v) is 7.80. The number of aliphatic imine (C=N–C) groups is 1. The fourth-order valence-corrected chi connectivity index (χ4v) is 4.00. The molecule has 1 heterocycles. The Hall–Kier alpha value is -1.80. The van der Waals surface area contributed by atoms with Gasteiger partial charge in [-0.1, -0.05) is 42.0 Å². The van der Waals surface area contributed by atoms with Gasteiger partial charge in [-0.25, -0.2) is 0 Å². The highest BCUT2D eigenvalue weighted by Crippen LogP contribution is 2.40. The number of rotatable bonds is 6. The number of benzene rings is 2. The van der Waals surface area contributed by atoms with Crippen LogP contribution in [0.5, 0.6) is 5.75 Å². The molecule has 0 amide bonds. The van der Waals surface area contributed by atoms with Gasteiger partial charge in [0.15, 0.2) is 5.96 Å². The maximum absolute atomic E-state index is 5.72. The SMILES string of the molecule is CN=C(NCc1ccccc1C)NCC1(c2cc(C)ccc2OC)CCOCC1.I. The zero-order chi connectivity index (χ0) is 20.7. The molecule has 2 N–H and O–H groups in total. The third kappa shape index (κ3) is 5.88. The molecule has 1 aliphatic rings. The first kappa shape index (κ1) is 24.5. The highest BCUT2D eigenvalue weighted by molar-refractivity contribution is 14.0. The first-order valence-electron chi connectivity index (χ1n) is 10.3. The molecule has 1 fully saturated rings. The number of guanidine groups is 1. The molecule has 2 aromatic rings. The van der Waals surface area contributed by atoms with Gasteiger partial charge in [-0.15, -0.1) is 24.0 Å². The van der Waals surface area contributed by atoms with E-state index in [0.29, 0.717) is 0 Å². The summed E-state index contributed by atoms with van der Waals surface area (Å²) in [5.74, 6) is 1.76. The van der Waals surface area contributed by atoms with E-state index in [4.69, 9.17) is 9.47 Å². The Morgan fingerprint density at radius 2 is 1.83 bits per heavy atom. The van der Waals surface area contributed by atoms with Crippen molar-refractivity contribution in [3.63, 3.8) is 0 Å². The number of nitrogens with zero attached hydrogens (tertiary/aromatic N) is 1. The van der Waals surface area contributed by atoms with Gasteiger partial charge in [0.05, 0.1) is 7.11 Å². The average molecular weight is 523 g/mol. The predicted octanol–water partition coefficient (Wildman–Crippen LogP) is 4.34. The minimum absolute atomic E-state index is 0. The molecule has 1 aliphatic heterocycles. The van der Waals surface area contributed by atoms with Crippen molar-refractivity contribution >= 4 is 29.9 Å². The molecule has 0 atom stereocenters. The Morgan fingerprint density at radius 1 is 1.10 bits per heavy atom. The van der Waals surface area contributed by atoms with Gasteiger partial charge in [0.25, 0.3) is 0 Å². The number of ether oxygens (including phenoxy) is 2. The molecule has 0 spiro atoms. The van der Waals surface area contributed by atoms with Gasteiger partial charge in [0, 0.05) is 44.3 Å². The summed E-state index contributed by atoms with van der Waals surface area (Å²) in [6.07, 6.45) is 1.91. The van der Waals surface area contributed by atoms with Crippen LogP contribution in [0.15, 0.2) is 47.5 Å². The third-order valence-corrected chi connectivity index (χ3v) is 5.90. The van der Waals surface area contributed by atoms with E-state index in [1.165, 1.54) is 22.3 Å². The highest BCUT2D eigenvalue weighted by atomic mass is 127. The van der Waals surface area contributed by atoms with Gasteiger partial charge in [0.2, 0.25) is 0 Å². The van der Waals surface area contributed by atoms with Crippen molar-refractivity contribution in [1.29, 1.82) is 0 Å². The summed E-state index contributed by atoms with van der Waals surface area (Å²) in [5, 5.41) is 7.02. The fraction of sp³-hybridized carbons (Fsp3) is 0.458. The molecule has 0 saturated carbocycles. The topological polar surface area (TPSA) is 54.9 Å². The third-order valence-electron chi connectivity index (χ3n) is 5.90. The molecule has 1 saturated heterocycles. The van der Waals surface area contributed by atoms with E-state index in [-0.39, 0.29) is 29.4 Å². The first-order chi connectivity index (χ1) is 14.1. The smallest absolute Gasteiger partial charge is 0.191 e. The molecule has 0 unspecified atom stereocenters. The molecule has 6 heteroatoms. The minimum Gasteiger partial charge on any atom is -0.496 e. The van der Waals surface area contributed by atoms with E-state index in [1.807, 2.05) is 7.05 Å². The van der Waals surface area contributed by atoms with Crippen molar-refractivity contribution in [3.8, 4) is 5.75 Å². The van der Waals surface area contributed by atoms with E-state index >= 15 is 0 Å². The van der Waals surface area contributed by atoms with Gasteiger partial charge < -0.3 is 20.1 Å². The Morgan fingerprint density at radius 3 is 2.50 bits per heavy atom. The molecule has 0 aromatic heterocycles. The molecule has 0 aliphatic carbocycles. The van der Waals surface area contributed by atoms with Crippen LogP contribution in [0.3, 0.4) is 0 Å². The van der Waals surface area contributed by atoms with Gasteiger partial charge in [-0.05, 0) is 43.9 Å². The second-order valence-electron chi connectivity index (χ2n) is 7.80. The van der Waals surface area contributed by atoms with Crippen molar-refractivity contribution < 1.29 is 9.47 Å². The summed E-state index contributed by atoms with van der Waals surface area (Å²) in [6.45, 7) is 7.31. The Kier molecular flexibility index (Phi) is 9.42. The molecule has 0 radical (unpaired) electrons. The normalized spacial score (nSPS) is 15.8. The highest BCUT2D eigenvalue weighted by Gasteiger charge is 2.37. The molecule has 3 rings (SSSR count). The quantitative estimate of drug-likeness (QED) is 0.336. The van der Waals surface area contributed by atoms with Crippen LogP contribution in [0.4, 0.5) is 0 Å². The lowest BCUT2D eigenvalue weighted by molar-refractivity contribution is 0.0505. The molecule has 0 bridgehead atoms. The Labute approximate surface area is 197 Å². The second kappa shape index (κ2) is 11.6. The Bertz CT molecular complexity index is 848. The molecule has 30 heavy (non-hydrogen) atoms. The number of hydrogen-bond donors (Lipinski definition) is 2. The molecule has 164 valence electrons. The maximum atomic E-state index is 5.72. The standard InChI is InChI=1S/C24H33N3O2.HI/c1-18-9-10-22(28-4)21(15-18)24(11-13-29-14-12-24)17-27-23(25-3)26-16-20-8-6-5-7-19(20)2;/h5-10,15H,11-14,16-17H2,1-4H3,(H2,25,26,27);1H. The summed E-state index contributed by atoms with van der Waals surface area (Å²) in [7, 11) is 3.56. The summed E-state index contributed by atoms with van der Waals surface area (Å²) < 4.78 is 11.4. The lowest BCUT2D eigenvalue weighted by Gasteiger charge is -2.39. The zero-order valence-corrected chi connectivity index (χ0v) is 20.8. The van der Waals surface area contributed by atoms with E-state index < -0.39 is 0 Å². The van der Waals surface area contributed by atoms with E-state index in [0.717, 1.165) is 50.9 Å². The fourth-order valence-electron chi connectivity index (χ4n) is 4.00. The van der Waals surface area contributed by atoms with Crippen LogP contribution in [0, 0.1) is 13.8 Å². The van der Waals surface area contributed by atoms with Crippen LogP contribution in [0.1, 0.15) is 35.1 Å². The maximum Gasteiger partial charge on any atom is 0.191 e. The minimum atomic E-state index is -0.0457. The predicted molar refractivity (Wildman–Crippen MR) is 134 cm³/mol. The van der Waals surface area contributed by atoms with E-state index in [1.54, 1.807) is 7.11 Å².